The van der Waals surface area contributed by atoms with Crippen LogP contribution in [-0.4, -0.2) is 26.0 Å². The van der Waals surface area contributed by atoms with E-state index in [2.05, 4.69) is 25.8 Å². The number of nitrogens with one attached hydrogen (secondary N) is 2. The van der Waals surface area contributed by atoms with Crippen LogP contribution in [0.2, 0.25) is 5.02 Å². The van der Waals surface area contributed by atoms with Crippen LogP contribution in [0.15, 0.2) is 41.2 Å². The Morgan fingerprint density at radius 3 is 2.77 bits per heavy atom. The van der Waals surface area contributed by atoms with E-state index < -0.39 is 6.04 Å². The molecule has 4 rings (SSSR count). The van der Waals surface area contributed by atoms with Gasteiger partial charge in [-0.05, 0) is 25.0 Å². The van der Waals surface area contributed by atoms with Crippen LogP contribution in [0.5, 0.6) is 0 Å². The number of halogens is 1. The summed E-state index contributed by atoms with van der Waals surface area (Å²) in [6.45, 7) is 5.98. The number of nitrogen functional groups attached to an aromatic ring is 1. The Bertz CT molecular complexity index is 1440. The third-order valence-electron chi connectivity index (χ3n) is 5.41. The van der Waals surface area contributed by atoms with Crippen molar-refractivity contribution in [3.63, 3.8) is 0 Å². The largest absolute Gasteiger partial charge is 0.382 e. The summed E-state index contributed by atoms with van der Waals surface area (Å²) in [7, 11) is 0. The lowest BCUT2D eigenvalue weighted by molar-refractivity contribution is 0.0945. The first-order chi connectivity index (χ1) is 16.8. The van der Waals surface area contributed by atoms with Gasteiger partial charge in [0, 0.05) is 11.5 Å². The van der Waals surface area contributed by atoms with Crippen molar-refractivity contribution in [3.05, 3.63) is 70.0 Å². The van der Waals surface area contributed by atoms with Crippen molar-refractivity contribution in [2.45, 2.75) is 39.3 Å². The molecule has 1 unspecified atom stereocenters. The highest BCUT2D eigenvalue weighted by Gasteiger charge is 2.22. The Kier molecular flexibility index (Phi) is 6.80. The molecule has 0 fully saturated rings. The predicted molar refractivity (Wildman–Crippen MR) is 132 cm³/mol. The van der Waals surface area contributed by atoms with E-state index in [0.29, 0.717) is 32.9 Å². The van der Waals surface area contributed by atoms with Gasteiger partial charge in [0.1, 0.15) is 29.6 Å². The van der Waals surface area contributed by atoms with Gasteiger partial charge in [-0.15, -0.1) is 0 Å². The van der Waals surface area contributed by atoms with Crippen LogP contribution >= 0.6 is 11.6 Å². The van der Waals surface area contributed by atoms with E-state index in [9.17, 15) is 10.1 Å². The standard InChI is InChI=1S/C24H23ClN8O2/c1-12(2)19-8-15(35-33-19)10-28-24(34)16-7-14-5-4-6-18(25)21(14)32-20(16)13(3)31-23-17(9-26)22(27)29-11-30-23/h4-8,11-13H,10H2,1-3H3,(H,28,34)(H3,27,29,30,31). The smallest absolute Gasteiger partial charge is 0.253 e. The monoisotopic (exact) mass is 490 g/mol. The molecule has 0 radical (unpaired) electrons. The zero-order chi connectivity index (χ0) is 25.1. The highest BCUT2D eigenvalue weighted by Crippen LogP contribution is 2.29. The molecular weight excluding hydrogens is 468 g/mol. The number of rotatable bonds is 7. The number of benzene rings is 1. The number of carbonyl (C=O) groups is 1. The Hall–Kier alpha value is -4.23. The quantitative estimate of drug-likeness (QED) is 0.342. The zero-order valence-electron chi connectivity index (χ0n) is 19.3. The van der Waals surface area contributed by atoms with Crippen LogP contribution in [0, 0.1) is 11.3 Å². The number of hydrogen-bond acceptors (Lipinski definition) is 9. The maximum atomic E-state index is 13.3. The SMILES string of the molecule is CC(C)c1cc(CNC(=O)c2cc3cccc(Cl)c3nc2C(C)Nc2ncnc(N)c2C#N)on1. The number of amides is 1. The topological polar surface area (TPSA) is 156 Å². The summed E-state index contributed by atoms with van der Waals surface area (Å²) >= 11 is 6.38. The van der Waals surface area contributed by atoms with E-state index in [-0.39, 0.29) is 35.6 Å². The Labute approximate surface area is 206 Å². The minimum Gasteiger partial charge on any atom is -0.382 e. The van der Waals surface area contributed by atoms with Crippen LogP contribution < -0.4 is 16.4 Å². The van der Waals surface area contributed by atoms with Gasteiger partial charge in [0.2, 0.25) is 0 Å². The van der Waals surface area contributed by atoms with Gasteiger partial charge in [-0.1, -0.05) is 42.7 Å². The van der Waals surface area contributed by atoms with E-state index in [4.69, 9.17) is 26.8 Å². The molecule has 0 aliphatic carbocycles. The Morgan fingerprint density at radius 1 is 1.26 bits per heavy atom. The second-order valence-electron chi connectivity index (χ2n) is 8.25. The summed E-state index contributed by atoms with van der Waals surface area (Å²) in [4.78, 5) is 25.9. The molecule has 0 spiro atoms. The molecule has 4 aromatic rings. The van der Waals surface area contributed by atoms with Crippen molar-refractivity contribution >= 4 is 40.0 Å². The van der Waals surface area contributed by atoms with Crippen molar-refractivity contribution in [1.82, 2.24) is 25.4 Å². The van der Waals surface area contributed by atoms with Crippen molar-refractivity contribution in [3.8, 4) is 6.07 Å². The van der Waals surface area contributed by atoms with E-state index in [1.807, 2.05) is 32.0 Å². The third-order valence-corrected chi connectivity index (χ3v) is 5.72. The number of carbonyl (C=O) groups excluding carboxylic acids is 1. The van der Waals surface area contributed by atoms with Gasteiger partial charge in [-0.3, -0.25) is 4.79 Å². The number of para-hydroxylation sites is 1. The molecule has 0 bridgehead atoms. The van der Waals surface area contributed by atoms with Gasteiger partial charge in [-0.25, -0.2) is 15.0 Å². The number of nitrogens with zero attached hydrogens (tertiary/aromatic N) is 5. The van der Waals surface area contributed by atoms with Gasteiger partial charge >= 0.3 is 0 Å². The van der Waals surface area contributed by atoms with Gasteiger partial charge in [0.05, 0.1) is 40.1 Å². The fourth-order valence-electron chi connectivity index (χ4n) is 3.53. The van der Waals surface area contributed by atoms with Crippen LogP contribution in [0.25, 0.3) is 10.9 Å². The Balaban J connectivity index is 1.68. The fourth-order valence-corrected chi connectivity index (χ4v) is 3.75. The van der Waals surface area contributed by atoms with Crippen molar-refractivity contribution in [2.75, 3.05) is 11.1 Å². The van der Waals surface area contributed by atoms with Crippen LogP contribution in [0.1, 0.15) is 65.8 Å². The maximum absolute atomic E-state index is 13.3. The first-order valence-corrected chi connectivity index (χ1v) is 11.3. The van der Waals surface area contributed by atoms with Crippen molar-refractivity contribution in [1.29, 1.82) is 5.26 Å². The average molecular weight is 491 g/mol. The molecule has 10 nitrogen and oxygen atoms in total. The van der Waals surface area contributed by atoms with Gasteiger partial charge < -0.3 is 20.9 Å². The van der Waals surface area contributed by atoms with Crippen LogP contribution in [-0.2, 0) is 6.54 Å². The van der Waals surface area contributed by atoms with E-state index >= 15 is 0 Å². The minimum absolute atomic E-state index is 0.0532. The van der Waals surface area contributed by atoms with Crippen LogP contribution in [0.4, 0.5) is 11.6 Å². The minimum atomic E-state index is -0.532. The van der Waals surface area contributed by atoms with Gasteiger partial charge in [0.25, 0.3) is 5.91 Å². The molecule has 178 valence electrons. The number of aromatic nitrogens is 4. The maximum Gasteiger partial charge on any atom is 0.253 e. The van der Waals surface area contributed by atoms with Crippen molar-refractivity contribution < 1.29 is 9.32 Å². The van der Waals surface area contributed by atoms with Gasteiger partial charge in [0.15, 0.2) is 5.76 Å². The van der Waals surface area contributed by atoms with E-state index in [0.717, 1.165) is 5.69 Å². The number of pyridine rings is 1. The number of fused-ring (bicyclic) bond motifs is 1. The first-order valence-electron chi connectivity index (χ1n) is 10.9. The average Bonchev–Trinajstić information content (AvgIpc) is 3.32. The summed E-state index contributed by atoms with van der Waals surface area (Å²) in [5, 5.41) is 20.6. The molecule has 1 atom stereocenters. The Morgan fingerprint density at radius 2 is 2.06 bits per heavy atom. The normalized spacial score (nSPS) is 11.9. The second kappa shape index (κ2) is 9.95. The molecule has 1 amide bonds. The number of anilines is 2. The summed E-state index contributed by atoms with van der Waals surface area (Å²) in [5.74, 6) is 0.695. The molecular formula is C24H23ClN8O2. The summed E-state index contributed by atoms with van der Waals surface area (Å²) in [6.07, 6.45) is 1.26. The molecule has 3 aromatic heterocycles. The fraction of sp³-hybridized carbons (Fsp3) is 0.250. The number of nitrogens with two attached hydrogens (primary N) is 1. The highest BCUT2D eigenvalue weighted by atomic mass is 35.5. The molecule has 1 aromatic carbocycles. The lowest BCUT2D eigenvalue weighted by atomic mass is 10.0. The molecule has 0 aliphatic rings. The first kappa shape index (κ1) is 23.9. The highest BCUT2D eigenvalue weighted by molar-refractivity contribution is 6.35. The molecule has 0 aliphatic heterocycles. The molecule has 35 heavy (non-hydrogen) atoms. The van der Waals surface area contributed by atoms with Crippen LogP contribution in [0.3, 0.4) is 0 Å². The summed E-state index contributed by atoms with van der Waals surface area (Å²) in [5.41, 5.74) is 8.04. The van der Waals surface area contributed by atoms with E-state index in [1.54, 1.807) is 25.1 Å². The number of nitriles is 1. The zero-order valence-corrected chi connectivity index (χ0v) is 20.1. The molecule has 0 saturated carbocycles. The second-order valence-corrected chi connectivity index (χ2v) is 8.66. The lowest BCUT2D eigenvalue weighted by Crippen LogP contribution is -2.26. The molecule has 0 saturated heterocycles. The van der Waals surface area contributed by atoms with Crippen molar-refractivity contribution in [2.24, 2.45) is 0 Å². The molecule has 3 heterocycles. The predicted octanol–water partition coefficient (Wildman–Crippen LogP) is 4.35. The number of hydrogen-bond donors (Lipinski definition) is 3. The molecule has 4 N–H and O–H groups in total. The summed E-state index contributed by atoms with van der Waals surface area (Å²) in [6, 6.07) is 10.4. The van der Waals surface area contributed by atoms with E-state index in [1.165, 1.54) is 6.33 Å². The third kappa shape index (κ3) is 5.00. The lowest BCUT2D eigenvalue weighted by Gasteiger charge is -2.19. The summed E-state index contributed by atoms with van der Waals surface area (Å²) < 4.78 is 5.32. The van der Waals surface area contributed by atoms with Gasteiger partial charge in [-0.2, -0.15) is 5.26 Å². The molecule has 11 heteroatoms.